The predicted octanol–water partition coefficient (Wildman–Crippen LogP) is 0.134. The normalized spacial score (nSPS) is 24.3. The third kappa shape index (κ3) is 3.80. The maximum Gasteiger partial charge on any atom is 0.227 e. The quantitative estimate of drug-likeness (QED) is 0.682. The van der Waals surface area contributed by atoms with E-state index in [4.69, 9.17) is 5.73 Å². The first kappa shape index (κ1) is 12.5. The molecule has 1 aliphatic rings. The molecule has 1 saturated carbocycles. The van der Waals surface area contributed by atoms with E-state index in [2.05, 4.69) is 11.8 Å². The van der Waals surface area contributed by atoms with Crippen molar-refractivity contribution in [2.75, 3.05) is 33.7 Å². The Bertz CT molecular complexity index is 218. The average molecular weight is 213 g/mol. The van der Waals surface area contributed by atoms with Gasteiger partial charge in [-0.15, -0.1) is 0 Å². The van der Waals surface area contributed by atoms with Crippen molar-refractivity contribution in [2.45, 2.75) is 25.8 Å². The van der Waals surface area contributed by atoms with E-state index in [1.807, 2.05) is 19.0 Å². The van der Waals surface area contributed by atoms with Crippen molar-refractivity contribution in [3.63, 3.8) is 0 Å². The molecule has 2 unspecified atom stereocenters. The van der Waals surface area contributed by atoms with Crippen molar-refractivity contribution in [3.05, 3.63) is 0 Å². The lowest BCUT2D eigenvalue weighted by Crippen LogP contribution is -2.39. The number of likely N-dealkylation sites (N-methyl/N-ethyl adjacent to an activating group) is 1. The van der Waals surface area contributed by atoms with Crippen molar-refractivity contribution in [3.8, 4) is 0 Å². The van der Waals surface area contributed by atoms with Crippen LogP contribution < -0.4 is 5.73 Å². The molecule has 0 saturated heterocycles. The first-order chi connectivity index (χ1) is 7.06. The molecule has 0 bridgehead atoms. The van der Waals surface area contributed by atoms with Gasteiger partial charge < -0.3 is 15.5 Å². The first-order valence-corrected chi connectivity index (χ1v) is 5.75. The first-order valence-electron chi connectivity index (χ1n) is 5.75. The Morgan fingerprint density at radius 2 is 1.93 bits per heavy atom. The second-order valence-electron chi connectivity index (χ2n) is 4.63. The summed E-state index contributed by atoms with van der Waals surface area (Å²) >= 11 is 0. The van der Waals surface area contributed by atoms with Crippen LogP contribution in [0.3, 0.4) is 0 Å². The van der Waals surface area contributed by atoms with Crippen LogP contribution in [0.4, 0.5) is 0 Å². The lowest BCUT2D eigenvalue weighted by molar-refractivity contribution is -0.132. The smallest absolute Gasteiger partial charge is 0.227 e. The van der Waals surface area contributed by atoms with Gasteiger partial charge in [-0.1, -0.05) is 6.92 Å². The number of carbonyl (C=O) groups excluding carboxylic acids is 1. The van der Waals surface area contributed by atoms with Gasteiger partial charge in [-0.3, -0.25) is 4.79 Å². The molecule has 0 aromatic heterocycles. The van der Waals surface area contributed by atoms with E-state index in [9.17, 15) is 4.79 Å². The molecule has 0 radical (unpaired) electrons. The van der Waals surface area contributed by atoms with Gasteiger partial charge in [-0.2, -0.15) is 0 Å². The standard InChI is InChI=1S/C11H23N3O/c1-4-5-14(7-6-13(2)3)11(15)9-8-10(9)12/h9-10H,4-8,12H2,1-3H3. The van der Waals surface area contributed by atoms with Gasteiger partial charge in [0.1, 0.15) is 0 Å². The Labute approximate surface area is 92.4 Å². The van der Waals surface area contributed by atoms with E-state index >= 15 is 0 Å². The van der Waals surface area contributed by atoms with Gasteiger partial charge in [-0.05, 0) is 26.9 Å². The van der Waals surface area contributed by atoms with Crippen LogP contribution in [-0.4, -0.2) is 55.5 Å². The van der Waals surface area contributed by atoms with Crippen LogP contribution in [0.1, 0.15) is 19.8 Å². The number of nitrogens with two attached hydrogens (primary N) is 1. The van der Waals surface area contributed by atoms with Crippen LogP contribution in [0.2, 0.25) is 0 Å². The van der Waals surface area contributed by atoms with Crippen LogP contribution in [0.5, 0.6) is 0 Å². The maximum absolute atomic E-state index is 11.9. The molecular weight excluding hydrogens is 190 g/mol. The zero-order valence-electron chi connectivity index (χ0n) is 10.1. The minimum Gasteiger partial charge on any atom is -0.341 e. The second kappa shape index (κ2) is 5.47. The largest absolute Gasteiger partial charge is 0.341 e. The van der Waals surface area contributed by atoms with Crippen LogP contribution in [-0.2, 0) is 4.79 Å². The highest BCUT2D eigenvalue weighted by molar-refractivity contribution is 5.82. The molecule has 4 nitrogen and oxygen atoms in total. The van der Waals surface area contributed by atoms with E-state index in [-0.39, 0.29) is 17.9 Å². The topological polar surface area (TPSA) is 49.6 Å². The Morgan fingerprint density at radius 3 is 2.33 bits per heavy atom. The summed E-state index contributed by atoms with van der Waals surface area (Å²) in [6.07, 6.45) is 1.89. The summed E-state index contributed by atoms with van der Waals surface area (Å²) in [6, 6.07) is 0.121. The Balaban J connectivity index is 2.38. The van der Waals surface area contributed by atoms with Crippen molar-refractivity contribution in [1.82, 2.24) is 9.80 Å². The fraction of sp³-hybridized carbons (Fsp3) is 0.909. The van der Waals surface area contributed by atoms with E-state index < -0.39 is 0 Å². The predicted molar refractivity (Wildman–Crippen MR) is 61.5 cm³/mol. The summed E-state index contributed by atoms with van der Waals surface area (Å²) in [6.45, 7) is 4.70. The van der Waals surface area contributed by atoms with Crippen LogP contribution in [0.15, 0.2) is 0 Å². The molecule has 1 aliphatic carbocycles. The molecule has 0 aliphatic heterocycles. The van der Waals surface area contributed by atoms with Crippen molar-refractivity contribution < 1.29 is 4.79 Å². The molecule has 0 aromatic carbocycles. The number of nitrogens with zero attached hydrogens (tertiary/aromatic N) is 2. The van der Waals surface area contributed by atoms with Crippen LogP contribution in [0, 0.1) is 5.92 Å². The minimum absolute atomic E-state index is 0.110. The molecule has 0 aromatic rings. The Morgan fingerprint density at radius 1 is 1.33 bits per heavy atom. The van der Waals surface area contributed by atoms with Crippen LogP contribution >= 0.6 is 0 Å². The molecule has 88 valence electrons. The molecule has 0 spiro atoms. The molecular formula is C11H23N3O. The second-order valence-corrected chi connectivity index (χ2v) is 4.63. The third-order valence-corrected chi connectivity index (χ3v) is 2.78. The third-order valence-electron chi connectivity index (χ3n) is 2.78. The zero-order valence-corrected chi connectivity index (χ0v) is 10.1. The summed E-state index contributed by atoms with van der Waals surface area (Å²) < 4.78 is 0. The molecule has 1 fully saturated rings. The van der Waals surface area contributed by atoms with Crippen LogP contribution in [0.25, 0.3) is 0 Å². The number of rotatable bonds is 6. The Hall–Kier alpha value is -0.610. The summed E-state index contributed by atoms with van der Waals surface area (Å²) in [5.74, 6) is 0.366. The van der Waals surface area contributed by atoms with Crippen molar-refractivity contribution >= 4 is 5.91 Å². The average Bonchev–Trinajstić information content (AvgIpc) is 2.88. The number of carbonyl (C=O) groups is 1. The molecule has 2 N–H and O–H groups in total. The lowest BCUT2D eigenvalue weighted by atomic mass is 10.3. The Kier molecular flexibility index (Phi) is 4.54. The highest BCUT2D eigenvalue weighted by Crippen LogP contribution is 2.29. The van der Waals surface area contributed by atoms with Gasteiger partial charge in [0, 0.05) is 25.7 Å². The van der Waals surface area contributed by atoms with Gasteiger partial charge in [0.05, 0.1) is 5.92 Å². The monoisotopic (exact) mass is 213 g/mol. The molecule has 2 atom stereocenters. The van der Waals surface area contributed by atoms with E-state index in [1.165, 1.54) is 0 Å². The van der Waals surface area contributed by atoms with Crippen molar-refractivity contribution in [1.29, 1.82) is 0 Å². The summed E-state index contributed by atoms with van der Waals surface area (Å²) in [7, 11) is 4.05. The van der Waals surface area contributed by atoms with E-state index in [0.717, 1.165) is 32.5 Å². The van der Waals surface area contributed by atoms with E-state index in [0.29, 0.717) is 0 Å². The molecule has 0 heterocycles. The highest BCUT2D eigenvalue weighted by atomic mass is 16.2. The van der Waals surface area contributed by atoms with E-state index in [1.54, 1.807) is 0 Å². The number of amides is 1. The fourth-order valence-electron chi connectivity index (χ4n) is 1.66. The summed E-state index contributed by atoms with van der Waals surface area (Å²) in [5, 5.41) is 0. The fourth-order valence-corrected chi connectivity index (χ4v) is 1.66. The van der Waals surface area contributed by atoms with Gasteiger partial charge in [0.15, 0.2) is 0 Å². The lowest BCUT2D eigenvalue weighted by Gasteiger charge is -2.24. The summed E-state index contributed by atoms with van der Waals surface area (Å²) in [5.41, 5.74) is 5.70. The van der Waals surface area contributed by atoms with Gasteiger partial charge in [0.25, 0.3) is 0 Å². The maximum atomic E-state index is 11.9. The van der Waals surface area contributed by atoms with Gasteiger partial charge in [0.2, 0.25) is 5.91 Å². The SMILES string of the molecule is CCCN(CCN(C)C)C(=O)C1CC1N. The molecule has 1 amide bonds. The van der Waals surface area contributed by atoms with Crippen molar-refractivity contribution in [2.24, 2.45) is 11.7 Å². The van der Waals surface area contributed by atoms with Gasteiger partial charge in [-0.25, -0.2) is 0 Å². The zero-order chi connectivity index (χ0) is 11.4. The number of hydrogen-bond donors (Lipinski definition) is 1. The highest BCUT2D eigenvalue weighted by Gasteiger charge is 2.41. The summed E-state index contributed by atoms with van der Waals surface area (Å²) in [4.78, 5) is 16.0. The molecule has 1 rings (SSSR count). The number of hydrogen-bond acceptors (Lipinski definition) is 3. The van der Waals surface area contributed by atoms with Gasteiger partial charge >= 0.3 is 0 Å². The molecule has 15 heavy (non-hydrogen) atoms. The molecule has 4 heteroatoms. The minimum atomic E-state index is 0.110.